The number of aromatic amines is 1. The highest BCUT2D eigenvalue weighted by molar-refractivity contribution is 7.99. The van der Waals surface area contributed by atoms with Crippen molar-refractivity contribution in [2.45, 2.75) is 50.7 Å². The van der Waals surface area contributed by atoms with E-state index in [1.165, 1.54) is 25.7 Å². The Balaban J connectivity index is 1.72. The van der Waals surface area contributed by atoms with E-state index in [0.717, 1.165) is 28.5 Å². The van der Waals surface area contributed by atoms with Crippen molar-refractivity contribution < 1.29 is 0 Å². The Hall–Kier alpha value is -1.00. The van der Waals surface area contributed by atoms with E-state index in [1.54, 1.807) is 0 Å². The Morgan fingerprint density at radius 1 is 1.30 bits per heavy atom. The zero-order valence-corrected chi connectivity index (χ0v) is 13.3. The van der Waals surface area contributed by atoms with Crippen molar-refractivity contribution in [1.29, 1.82) is 0 Å². The van der Waals surface area contributed by atoms with Crippen LogP contribution in [0.3, 0.4) is 0 Å². The van der Waals surface area contributed by atoms with Crippen LogP contribution in [0.1, 0.15) is 39.5 Å². The lowest BCUT2D eigenvalue weighted by Gasteiger charge is -2.15. The lowest BCUT2D eigenvalue weighted by Crippen LogP contribution is -2.29. The van der Waals surface area contributed by atoms with Gasteiger partial charge in [0.15, 0.2) is 5.16 Å². The van der Waals surface area contributed by atoms with E-state index in [9.17, 15) is 0 Å². The number of aromatic nitrogens is 2. The summed E-state index contributed by atoms with van der Waals surface area (Å²) in [6, 6.07) is 8.88. The summed E-state index contributed by atoms with van der Waals surface area (Å²) in [5, 5.41) is 4.65. The topological polar surface area (TPSA) is 40.7 Å². The Bertz CT molecular complexity index is 476. The summed E-state index contributed by atoms with van der Waals surface area (Å²) in [7, 11) is 0. The molecule has 0 saturated carbocycles. The molecule has 1 unspecified atom stereocenters. The van der Waals surface area contributed by atoms with Crippen LogP contribution in [0.5, 0.6) is 0 Å². The van der Waals surface area contributed by atoms with E-state index in [1.807, 2.05) is 23.9 Å². The minimum absolute atomic E-state index is 0.672. The van der Waals surface area contributed by atoms with Crippen molar-refractivity contribution in [2.75, 3.05) is 12.3 Å². The SMILES string of the molecule is CCCNC(CC)CCCSc1nc2ccccc2[nH]1. The number of rotatable bonds is 9. The number of imidazole rings is 1. The number of H-pyrrole nitrogens is 1. The van der Waals surface area contributed by atoms with Gasteiger partial charge in [0, 0.05) is 11.8 Å². The van der Waals surface area contributed by atoms with Gasteiger partial charge in [-0.25, -0.2) is 4.98 Å². The largest absolute Gasteiger partial charge is 0.333 e. The Labute approximate surface area is 125 Å². The molecular weight excluding hydrogens is 266 g/mol. The molecule has 0 spiro atoms. The van der Waals surface area contributed by atoms with Crippen LogP contribution in [0, 0.1) is 0 Å². The zero-order chi connectivity index (χ0) is 14.2. The summed E-state index contributed by atoms with van der Waals surface area (Å²) in [5.74, 6) is 1.13. The average Bonchev–Trinajstić information content (AvgIpc) is 2.89. The number of nitrogens with one attached hydrogen (secondary N) is 2. The van der Waals surface area contributed by atoms with Gasteiger partial charge in [-0.15, -0.1) is 0 Å². The van der Waals surface area contributed by atoms with Crippen LogP contribution in [0.25, 0.3) is 11.0 Å². The maximum atomic E-state index is 4.59. The summed E-state index contributed by atoms with van der Waals surface area (Å²) in [6.45, 7) is 5.62. The number of nitrogens with zero attached hydrogens (tertiary/aromatic N) is 1. The summed E-state index contributed by atoms with van der Waals surface area (Å²) in [5.41, 5.74) is 2.19. The molecule has 2 N–H and O–H groups in total. The number of hydrogen-bond acceptors (Lipinski definition) is 3. The third-order valence-electron chi connectivity index (χ3n) is 3.48. The molecule has 0 saturated heterocycles. The second-order valence-electron chi connectivity index (χ2n) is 5.11. The second kappa shape index (κ2) is 8.32. The van der Waals surface area contributed by atoms with Gasteiger partial charge in [0.1, 0.15) is 0 Å². The molecule has 110 valence electrons. The fourth-order valence-electron chi connectivity index (χ4n) is 2.30. The van der Waals surface area contributed by atoms with Crippen molar-refractivity contribution >= 4 is 22.8 Å². The van der Waals surface area contributed by atoms with Gasteiger partial charge in [0.2, 0.25) is 0 Å². The predicted molar refractivity (Wildman–Crippen MR) is 88.4 cm³/mol. The number of hydrogen-bond donors (Lipinski definition) is 2. The molecule has 3 nitrogen and oxygen atoms in total. The highest BCUT2D eigenvalue weighted by Crippen LogP contribution is 2.20. The van der Waals surface area contributed by atoms with Crippen LogP contribution in [0.2, 0.25) is 0 Å². The van der Waals surface area contributed by atoms with E-state index in [0.29, 0.717) is 6.04 Å². The van der Waals surface area contributed by atoms with Gasteiger partial charge < -0.3 is 10.3 Å². The summed E-state index contributed by atoms with van der Waals surface area (Å²) in [6.07, 6.45) is 4.92. The molecule has 4 heteroatoms. The van der Waals surface area contributed by atoms with Crippen LogP contribution >= 0.6 is 11.8 Å². The molecule has 1 heterocycles. The molecule has 0 fully saturated rings. The first-order valence-corrected chi connectivity index (χ1v) is 8.63. The quantitative estimate of drug-likeness (QED) is 0.537. The summed E-state index contributed by atoms with van der Waals surface area (Å²) < 4.78 is 0. The molecule has 1 aromatic carbocycles. The molecule has 0 aliphatic heterocycles. The molecule has 20 heavy (non-hydrogen) atoms. The van der Waals surface area contributed by atoms with Gasteiger partial charge in [-0.05, 0) is 44.4 Å². The monoisotopic (exact) mass is 291 g/mol. The minimum Gasteiger partial charge on any atom is -0.333 e. The molecule has 0 aliphatic rings. The normalized spacial score (nSPS) is 12.9. The number of benzene rings is 1. The molecule has 0 aliphatic carbocycles. The van der Waals surface area contributed by atoms with E-state index in [2.05, 4.69) is 41.3 Å². The molecule has 2 rings (SSSR count). The van der Waals surface area contributed by atoms with Gasteiger partial charge in [-0.2, -0.15) is 0 Å². The fraction of sp³-hybridized carbons (Fsp3) is 0.562. The van der Waals surface area contributed by atoms with Crippen LogP contribution < -0.4 is 5.32 Å². The van der Waals surface area contributed by atoms with Crippen molar-refractivity contribution in [3.05, 3.63) is 24.3 Å². The molecule has 0 amide bonds. The smallest absolute Gasteiger partial charge is 0.166 e. The fourth-order valence-corrected chi connectivity index (χ4v) is 3.14. The maximum absolute atomic E-state index is 4.59. The maximum Gasteiger partial charge on any atom is 0.166 e. The highest BCUT2D eigenvalue weighted by atomic mass is 32.2. The van der Waals surface area contributed by atoms with E-state index in [-0.39, 0.29) is 0 Å². The Morgan fingerprint density at radius 3 is 2.90 bits per heavy atom. The first-order valence-electron chi connectivity index (χ1n) is 7.64. The molecule has 1 atom stereocenters. The van der Waals surface area contributed by atoms with Crippen molar-refractivity contribution in [1.82, 2.24) is 15.3 Å². The molecule has 2 aromatic rings. The summed E-state index contributed by atoms with van der Waals surface area (Å²) in [4.78, 5) is 7.96. The van der Waals surface area contributed by atoms with E-state index < -0.39 is 0 Å². The lowest BCUT2D eigenvalue weighted by molar-refractivity contribution is 0.465. The van der Waals surface area contributed by atoms with E-state index >= 15 is 0 Å². The third kappa shape index (κ3) is 4.53. The standard InChI is InChI=1S/C16H25N3S/c1-3-11-17-13(4-2)8-7-12-20-16-18-14-9-5-6-10-15(14)19-16/h5-6,9-10,13,17H,3-4,7-8,11-12H2,1-2H3,(H,18,19). The molecule has 0 radical (unpaired) electrons. The highest BCUT2D eigenvalue weighted by Gasteiger charge is 2.06. The van der Waals surface area contributed by atoms with Crippen molar-refractivity contribution in [3.63, 3.8) is 0 Å². The molecule has 0 bridgehead atoms. The van der Waals surface area contributed by atoms with Gasteiger partial charge in [-0.1, -0.05) is 37.7 Å². The lowest BCUT2D eigenvalue weighted by atomic mass is 10.1. The zero-order valence-electron chi connectivity index (χ0n) is 12.5. The Kier molecular flexibility index (Phi) is 6.40. The molecule has 1 aromatic heterocycles. The first kappa shape index (κ1) is 15.4. The number of para-hydroxylation sites is 2. The van der Waals surface area contributed by atoms with Crippen molar-refractivity contribution in [2.24, 2.45) is 0 Å². The van der Waals surface area contributed by atoms with Gasteiger partial charge in [0.25, 0.3) is 0 Å². The third-order valence-corrected chi connectivity index (χ3v) is 4.44. The van der Waals surface area contributed by atoms with Crippen LogP contribution in [0.4, 0.5) is 0 Å². The van der Waals surface area contributed by atoms with Gasteiger partial charge in [-0.3, -0.25) is 0 Å². The van der Waals surface area contributed by atoms with Gasteiger partial charge >= 0.3 is 0 Å². The minimum atomic E-state index is 0.672. The van der Waals surface area contributed by atoms with Gasteiger partial charge in [0.05, 0.1) is 11.0 Å². The number of fused-ring (bicyclic) bond motifs is 1. The Morgan fingerprint density at radius 2 is 2.15 bits per heavy atom. The predicted octanol–water partition coefficient (Wildman–Crippen LogP) is 4.21. The van der Waals surface area contributed by atoms with E-state index in [4.69, 9.17) is 0 Å². The second-order valence-corrected chi connectivity index (χ2v) is 6.19. The first-order chi connectivity index (χ1) is 9.83. The van der Waals surface area contributed by atoms with Crippen LogP contribution in [0.15, 0.2) is 29.4 Å². The van der Waals surface area contributed by atoms with Crippen LogP contribution in [-0.2, 0) is 0 Å². The van der Waals surface area contributed by atoms with Crippen molar-refractivity contribution in [3.8, 4) is 0 Å². The summed E-state index contributed by atoms with van der Waals surface area (Å²) >= 11 is 1.83. The average molecular weight is 291 g/mol. The van der Waals surface area contributed by atoms with Crippen LogP contribution in [-0.4, -0.2) is 28.3 Å². The molecular formula is C16H25N3S. The number of thioether (sulfide) groups is 1.